The lowest BCUT2D eigenvalue weighted by atomic mass is 9.91. The largest absolute Gasteiger partial charge is 0.378 e. The van der Waals surface area contributed by atoms with Gasteiger partial charge in [-0.15, -0.1) is 0 Å². The number of aromatic nitrogens is 2. The number of carbonyl (C=O) groups excluding carboxylic acids is 2. The van der Waals surface area contributed by atoms with Gasteiger partial charge in [0.05, 0.1) is 17.7 Å². The number of likely N-dealkylation sites (tertiary alicyclic amines) is 1. The molecule has 0 bridgehead atoms. The summed E-state index contributed by atoms with van der Waals surface area (Å²) in [7, 11) is 3.56. The van der Waals surface area contributed by atoms with Gasteiger partial charge in [0.25, 0.3) is 0 Å². The number of carbonyl (C=O) groups is 2. The van der Waals surface area contributed by atoms with E-state index in [4.69, 9.17) is 9.72 Å². The number of ether oxygens (including phenoxy) is 1. The zero-order valence-corrected chi connectivity index (χ0v) is 18.8. The Morgan fingerprint density at radius 2 is 1.97 bits per heavy atom. The average molecular weight is 430 g/mol. The summed E-state index contributed by atoms with van der Waals surface area (Å²) >= 11 is 0. The van der Waals surface area contributed by atoms with Crippen molar-refractivity contribution in [1.29, 1.82) is 0 Å². The summed E-state index contributed by atoms with van der Waals surface area (Å²) in [5.74, 6) is 0.535. The van der Waals surface area contributed by atoms with Crippen molar-refractivity contribution < 1.29 is 14.3 Å². The Balaban J connectivity index is 1.48. The predicted octanol–water partition coefficient (Wildman–Crippen LogP) is 2.06. The Morgan fingerprint density at radius 3 is 2.68 bits per heavy atom. The highest BCUT2D eigenvalue weighted by molar-refractivity contribution is 5.83. The second kappa shape index (κ2) is 9.94. The van der Waals surface area contributed by atoms with Crippen LogP contribution in [0, 0.1) is 5.92 Å². The van der Waals surface area contributed by atoms with E-state index in [2.05, 4.69) is 9.88 Å². The third kappa shape index (κ3) is 5.17. The maximum Gasteiger partial charge on any atom is 0.227 e. The molecule has 3 fully saturated rings. The molecule has 3 aliphatic rings. The van der Waals surface area contributed by atoms with Crippen molar-refractivity contribution in [2.75, 3.05) is 51.8 Å². The van der Waals surface area contributed by atoms with Crippen LogP contribution in [0.3, 0.4) is 0 Å². The molecule has 1 aromatic rings. The molecule has 8 nitrogen and oxygen atoms in total. The predicted molar refractivity (Wildman–Crippen MR) is 118 cm³/mol. The summed E-state index contributed by atoms with van der Waals surface area (Å²) in [6.07, 6.45) is 8.93. The van der Waals surface area contributed by atoms with Gasteiger partial charge < -0.3 is 19.4 Å². The van der Waals surface area contributed by atoms with E-state index in [9.17, 15) is 9.59 Å². The highest BCUT2D eigenvalue weighted by Gasteiger charge is 2.42. The first-order valence-electron chi connectivity index (χ1n) is 11.7. The maximum absolute atomic E-state index is 13.0. The van der Waals surface area contributed by atoms with E-state index in [0.717, 1.165) is 63.4 Å². The molecule has 0 unspecified atom stereocenters. The van der Waals surface area contributed by atoms with Crippen LogP contribution in [-0.2, 0) is 14.3 Å². The lowest BCUT2D eigenvalue weighted by Crippen LogP contribution is -2.35. The van der Waals surface area contributed by atoms with Crippen LogP contribution in [0.25, 0.3) is 0 Å². The second-order valence-corrected chi connectivity index (χ2v) is 9.25. The highest BCUT2D eigenvalue weighted by Crippen LogP contribution is 2.34. The van der Waals surface area contributed by atoms with Gasteiger partial charge in [-0.3, -0.25) is 9.59 Å². The topological polar surface area (TPSA) is 78.9 Å². The minimum absolute atomic E-state index is 0.0533. The van der Waals surface area contributed by atoms with Gasteiger partial charge in [-0.1, -0.05) is 0 Å². The van der Waals surface area contributed by atoms with E-state index in [1.165, 1.54) is 6.42 Å². The van der Waals surface area contributed by atoms with E-state index in [-0.39, 0.29) is 29.8 Å². The van der Waals surface area contributed by atoms with Gasteiger partial charge in [0, 0.05) is 65.4 Å². The number of nitrogens with zero attached hydrogens (tertiary/aromatic N) is 5. The molecule has 0 saturated carbocycles. The normalized spacial score (nSPS) is 26.3. The minimum Gasteiger partial charge on any atom is -0.378 e. The summed E-state index contributed by atoms with van der Waals surface area (Å²) in [6.45, 7) is 3.74. The fraction of sp³-hybridized carbons (Fsp3) is 0.739. The SMILES string of the molecule is CN(C)C(=O)[C@H]1CN(C(=O)CC[C@H]2CCCO2)C[C@@H]1c1ccnc(N2CCCCC2)n1. The Hall–Kier alpha value is -2.22. The molecule has 4 heterocycles. The second-order valence-electron chi connectivity index (χ2n) is 9.25. The maximum atomic E-state index is 13.0. The molecule has 3 atom stereocenters. The summed E-state index contributed by atoms with van der Waals surface area (Å²) < 4.78 is 5.66. The first-order chi connectivity index (χ1) is 15.0. The van der Waals surface area contributed by atoms with Crippen molar-refractivity contribution in [1.82, 2.24) is 19.8 Å². The van der Waals surface area contributed by atoms with Gasteiger partial charge in [-0.2, -0.15) is 0 Å². The van der Waals surface area contributed by atoms with Crippen LogP contribution in [0.2, 0.25) is 0 Å². The van der Waals surface area contributed by atoms with Crippen LogP contribution < -0.4 is 4.90 Å². The van der Waals surface area contributed by atoms with Crippen molar-refractivity contribution in [3.8, 4) is 0 Å². The fourth-order valence-electron chi connectivity index (χ4n) is 5.02. The van der Waals surface area contributed by atoms with Gasteiger partial charge in [0.1, 0.15) is 0 Å². The van der Waals surface area contributed by atoms with Gasteiger partial charge in [0.2, 0.25) is 17.8 Å². The first kappa shape index (κ1) is 22.0. The molecular weight excluding hydrogens is 394 g/mol. The smallest absolute Gasteiger partial charge is 0.227 e. The molecule has 1 aromatic heterocycles. The molecule has 0 N–H and O–H groups in total. The van der Waals surface area contributed by atoms with Gasteiger partial charge in [-0.25, -0.2) is 9.97 Å². The lowest BCUT2D eigenvalue weighted by Gasteiger charge is -2.27. The zero-order valence-electron chi connectivity index (χ0n) is 18.8. The van der Waals surface area contributed by atoms with Crippen LogP contribution in [0.4, 0.5) is 5.95 Å². The average Bonchev–Trinajstić information content (AvgIpc) is 3.48. The Kier molecular flexibility index (Phi) is 7.05. The van der Waals surface area contributed by atoms with E-state index in [1.807, 2.05) is 11.0 Å². The van der Waals surface area contributed by atoms with E-state index in [1.54, 1.807) is 25.2 Å². The molecular formula is C23H35N5O3. The zero-order chi connectivity index (χ0) is 21.8. The number of amides is 2. The number of rotatable bonds is 6. The fourth-order valence-corrected chi connectivity index (χ4v) is 5.02. The van der Waals surface area contributed by atoms with Gasteiger partial charge in [0.15, 0.2) is 0 Å². The molecule has 31 heavy (non-hydrogen) atoms. The Labute approximate surface area is 185 Å². The van der Waals surface area contributed by atoms with Crippen LogP contribution in [-0.4, -0.2) is 84.6 Å². The third-order valence-electron chi connectivity index (χ3n) is 6.82. The summed E-state index contributed by atoms with van der Waals surface area (Å²) in [5.41, 5.74) is 0.866. The molecule has 0 spiro atoms. The minimum atomic E-state index is -0.272. The standard InChI is InChI=1S/C23H35N5O3/c1-26(2)22(30)19-16-28(21(29)9-8-17-7-6-14-31-17)15-18(19)20-10-11-24-23(25-20)27-12-4-3-5-13-27/h10-11,17-19H,3-9,12-16H2,1-2H3/t17-,18+,19+/m1/s1. The highest BCUT2D eigenvalue weighted by atomic mass is 16.5. The molecule has 0 aromatic carbocycles. The summed E-state index contributed by atoms with van der Waals surface area (Å²) in [6, 6.07) is 1.91. The summed E-state index contributed by atoms with van der Waals surface area (Å²) in [4.78, 5) is 41.0. The molecule has 3 aliphatic heterocycles. The lowest BCUT2D eigenvalue weighted by molar-refractivity contribution is -0.134. The molecule has 0 aliphatic carbocycles. The molecule has 170 valence electrons. The first-order valence-corrected chi connectivity index (χ1v) is 11.7. The van der Waals surface area contributed by atoms with Gasteiger partial charge in [-0.05, 0) is 44.6 Å². The summed E-state index contributed by atoms with van der Waals surface area (Å²) in [5, 5.41) is 0. The van der Waals surface area contributed by atoms with E-state index >= 15 is 0 Å². The molecule has 3 saturated heterocycles. The van der Waals surface area contributed by atoms with Crippen molar-refractivity contribution in [3.63, 3.8) is 0 Å². The molecule has 8 heteroatoms. The van der Waals surface area contributed by atoms with E-state index in [0.29, 0.717) is 19.5 Å². The molecule has 0 radical (unpaired) electrons. The van der Waals surface area contributed by atoms with Crippen LogP contribution in [0.1, 0.15) is 56.6 Å². The Bertz CT molecular complexity index is 774. The van der Waals surface area contributed by atoms with Crippen molar-refractivity contribution in [3.05, 3.63) is 18.0 Å². The van der Waals surface area contributed by atoms with Crippen LogP contribution >= 0.6 is 0 Å². The number of hydrogen-bond acceptors (Lipinski definition) is 6. The quantitative estimate of drug-likeness (QED) is 0.689. The number of hydrogen-bond donors (Lipinski definition) is 0. The monoisotopic (exact) mass is 429 g/mol. The Morgan fingerprint density at radius 1 is 1.16 bits per heavy atom. The molecule has 2 amide bonds. The molecule has 4 rings (SSSR count). The van der Waals surface area contributed by atoms with Crippen LogP contribution in [0.5, 0.6) is 0 Å². The number of anilines is 1. The van der Waals surface area contributed by atoms with Crippen molar-refractivity contribution in [2.45, 2.75) is 57.0 Å². The van der Waals surface area contributed by atoms with E-state index < -0.39 is 0 Å². The third-order valence-corrected chi connectivity index (χ3v) is 6.82. The van der Waals surface area contributed by atoms with Crippen molar-refractivity contribution >= 4 is 17.8 Å². The van der Waals surface area contributed by atoms with Gasteiger partial charge >= 0.3 is 0 Å². The van der Waals surface area contributed by atoms with Crippen molar-refractivity contribution in [2.24, 2.45) is 5.92 Å². The number of piperidine rings is 1. The van der Waals surface area contributed by atoms with Crippen LogP contribution in [0.15, 0.2) is 12.3 Å².